The van der Waals surface area contributed by atoms with Gasteiger partial charge in [0.1, 0.15) is 0 Å². The number of ether oxygens (including phenoxy) is 1. The van der Waals surface area contributed by atoms with Gasteiger partial charge in [-0.25, -0.2) is 0 Å². The van der Waals surface area contributed by atoms with Gasteiger partial charge in [0.15, 0.2) is 0 Å². The summed E-state index contributed by atoms with van der Waals surface area (Å²) in [6.45, 7) is 4.68. The third-order valence-electron chi connectivity index (χ3n) is 2.35. The number of hydrogen-bond acceptors (Lipinski definition) is 2. The lowest BCUT2D eigenvalue weighted by atomic mass is 10.2. The number of carbonyl (C=O) groups is 1. The molecule has 4 heteroatoms. The topological polar surface area (TPSA) is 29.5 Å². The van der Waals surface area contributed by atoms with Gasteiger partial charge < -0.3 is 9.64 Å². The highest BCUT2D eigenvalue weighted by atomic mass is 79.9. The summed E-state index contributed by atoms with van der Waals surface area (Å²) in [6, 6.07) is 5.86. The van der Waals surface area contributed by atoms with Crippen molar-refractivity contribution in [2.75, 3.05) is 25.2 Å². The normalized spacial score (nSPS) is 10.2. The van der Waals surface area contributed by atoms with Gasteiger partial charge in [-0.2, -0.15) is 0 Å². The highest BCUT2D eigenvalue weighted by Crippen LogP contribution is 2.22. The van der Waals surface area contributed by atoms with Crippen molar-refractivity contribution in [1.82, 2.24) is 0 Å². The molecule has 0 fully saturated rings. The summed E-state index contributed by atoms with van der Waals surface area (Å²) in [5, 5.41) is 0. The van der Waals surface area contributed by atoms with Crippen molar-refractivity contribution in [3.63, 3.8) is 0 Å². The number of methoxy groups -OCH3 is 1. The Morgan fingerprint density at radius 2 is 2.19 bits per heavy atom. The van der Waals surface area contributed by atoms with E-state index in [0.717, 1.165) is 15.7 Å². The first-order valence-electron chi connectivity index (χ1n) is 5.09. The quantitative estimate of drug-likeness (QED) is 0.851. The van der Waals surface area contributed by atoms with Crippen LogP contribution in [0.5, 0.6) is 0 Å². The number of amides is 1. The molecule has 88 valence electrons. The predicted octanol–water partition coefficient (Wildman–Crippen LogP) is 2.76. The van der Waals surface area contributed by atoms with Crippen LogP contribution >= 0.6 is 15.9 Å². The summed E-state index contributed by atoms with van der Waals surface area (Å²) < 4.78 is 6.04. The van der Waals surface area contributed by atoms with Crippen LogP contribution in [0, 0.1) is 6.92 Å². The highest BCUT2D eigenvalue weighted by Gasteiger charge is 2.11. The Bertz CT molecular complexity index is 379. The minimum absolute atomic E-state index is 0.0266. The van der Waals surface area contributed by atoms with Gasteiger partial charge in [0.2, 0.25) is 5.91 Å². The van der Waals surface area contributed by atoms with Crippen molar-refractivity contribution in [1.29, 1.82) is 0 Å². The second-order valence-corrected chi connectivity index (χ2v) is 4.45. The molecule has 0 bridgehead atoms. The molecule has 0 aliphatic carbocycles. The number of nitrogens with zero attached hydrogens (tertiary/aromatic N) is 1. The monoisotopic (exact) mass is 285 g/mol. The fraction of sp³-hybridized carbons (Fsp3) is 0.417. The maximum absolute atomic E-state index is 11.5. The minimum Gasteiger partial charge on any atom is -0.383 e. The van der Waals surface area contributed by atoms with E-state index in [4.69, 9.17) is 4.74 Å². The Morgan fingerprint density at radius 1 is 1.50 bits per heavy atom. The number of rotatable bonds is 4. The van der Waals surface area contributed by atoms with Crippen LogP contribution in [0.4, 0.5) is 5.69 Å². The molecule has 3 nitrogen and oxygen atoms in total. The Kier molecular flexibility index (Phi) is 4.96. The molecule has 0 aromatic heterocycles. The molecule has 0 aliphatic heterocycles. The second kappa shape index (κ2) is 6.01. The van der Waals surface area contributed by atoms with E-state index in [0.29, 0.717) is 13.2 Å². The Morgan fingerprint density at radius 3 is 2.69 bits per heavy atom. The van der Waals surface area contributed by atoms with Crippen molar-refractivity contribution in [3.05, 3.63) is 28.2 Å². The lowest BCUT2D eigenvalue weighted by Crippen LogP contribution is -2.31. The number of hydrogen-bond donors (Lipinski definition) is 0. The minimum atomic E-state index is 0.0266. The molecule has 0 spiro atoms. The van der Waals surface area contributed by atoms with Crippen LogP contribution in [0.2, 0.25) is 0 Å². The average Bonchev–Trinajstić information content (AvgIpc) is 2.23. The summed E-state index contributed by atoms with van der Waals surface area (Å²) in [4.78, 5) is 13.2. The molecular formula is C12H16BrNO2. The fourth-order valence-corrected chi connectivity index (χ4v) is 1.69. The average molecular weight is 286 g/mol. The summed E-state index contributed by atoms with van der Waals surface area (Å²) >= 11 is 3.44. The number of anilines is 1. The van der Waals surface area contributed by atoms with Crippen molar-refractivity contribution in [2.24, 2.45) is 0 Å². The van der Waals surface area contributed by atoms with E-state index < -0.39 is 0 Å². The van der Waals surface area contributed by atoms with Gasteiger partial charge in [0.25, 0.3) is 0 Å². The van der Waals surface area contributed by atoms with E-state index >= 15 is 0 Å². The largest absolute Gasteiger partial charge is 0.383 e. The predicted molar refractivity (Wildman–Crippen MR) is 68.8 cm³/mol. The number of aryl methyl sites for hydroxylation is 1. The fourth-order valence-electron chi connectivity index (χ4n) is 1.45. The van der Waals surface area contributed by atoms with Crippen molar-refractivity contribution >= 4 is 27.5 Å². The highest BCUT2D eigenvalue weighted by molar-refractivity contribution is 9.10. The van der Waals surface area contributed by atoms with Crippen LogP contribution in [0.25, 0.3) is 0 Å². The zero-order valence-corrected chi connectivity index (χ0v) is 11.4. The van der Waals surface area contributed by atoms with Gasteiger partial charge in [-0.3, -0.25) is 4.79 Å². The van der Waals surface area contributed by atoms with Crippen LogP contribution < -0.4 is 4.90 Å². The lowest BCUT2D eigenvalue weighted by molar-refractivity contribution is -0.116. The van der Waals surface area contributed by atoms with Crippen LogP contribution in [0.1, 0.15) is 12.5 Å². The van der Waals surface area contributed by atoms with Crippen LogP contribution in [0.15, 0.2) is 22.7 Å². The molecule has 1 rings (SSSR count). The third kappa shape index (κ3) is 3.32. The number of halogens is 1. The third-order valence-corrected chi connectivity index (χ3v) is 3.24. The molecule has 16 heavy (non-hydrogen) atoms. The first kappa shape index (κ1) is 13.2. The summed E-state index contributed by atoms with van der Waals surface area (Å²) in [5.74, 6) is 0.0266. The first-order chi connectivity index (χ1) is 7.56. The van der Waals surface area contributed by atoms with E-state index in [1.807, 2.05) is 25.1 Å². The zero-order valence-electron chi connectivity index (χ0n) is 9.79. The molecule has 0 radical (unpaired) electrons. The molecule has 0 atom stereocenters. The zero-order chi connectivity index (χ0) is 12.1. The van der Waals surface area contributed by atoms with Gasteiger partial charge >= 0.3 is 0 Å². The van der Waals surface area contributed by atoms with E-state index in [1.54, 1.807) is 18.9 Å². The molecule has 0 unspecified atom stereocenters. The van der Waals surface area contributed by atoms with Crippen molar-refractivity contribution in [2.45, 2.75) is 13.8 Å². The molecule has 0 saturated heterocycles. The van der Waals surface area contributed by atoms with E-state index in [9.17, 15) is 4.79 Å². The van der Waals surface area contributed by atoms with Gasteiger partial charge in [-0.1, -0.05) is 15.9 Å². The lowest BCUT2D eigenvalue weighted by Gasteiger charge is -2.21. The standard InChI is InChI=1S/C12H16BrNO2/c1-9-8-11(4-5-12(9)13)14(10(2)15)6-7-16-3/h4-5,8H,6-7H2,1-3H3. The molecular weight excluding hydrogens is 270 g/mol. The molecule has 1 aromatic carbocycles. The molecule has 1 amide bonds. The first-order valence-corrected chi connectivity index (χ1v) is 5.88. The maximum Gasteiger partial charge on any atom is 0.223 e. The van der Waals surface area contributed by atoms with Gasteiger partial charge in [0, 0.05) is 30.7 Å². The number of carbonyl (C=O) groups excluding carboxylic acids is 1. The molecule has 0 aliphatic rings. The molecule has 0 N–H and O–H groups in total. The van der Waals surface area contributed by atoms with Crippen LogP contribution in [0.3, 0.4) is 0 Å². The van der Waals surface area contributed by atoms with E-state index in [1.165, 1.54) is 0 Å². The Labute approximate surface area is 105 Å². The molecule has 1 aromatic rings. The van der Waals surface area contributed by atoms with Gasteiger partial charge in [0.05, 0.1) is 6.61 Å². The SMILES string of the molecule is COCCN(C(C)=O)c1ccc(Br)c(C)c1. The summed E-state index contributed by atoms with van der Waals surface area (Å²) in [6.07, 6.45) is 0. The van der Waals surface area contributed by atoms with Crippen LogP contribution in [-0.4, -0.2) is 26.2 Å². The van der Waals surface area contributed by atoms with E-state index in [2.05, 4.69) is 15.9 Å². The Balaban J connectivity index is 2.92. The molecule has 0 heterocycles. The number of benzene rings is 1. The van der Waals surface area contributed by atoms with Gasteiger partial charge in [-0.15, -0.1) is 0 Å². The smallest absolute Gasteiger partial charge is 0.223 e. The van der Waals surface area contributed by atoms with Crippen molar-refractivity contribution < 1.29 is 9.53 Å². The van der Waals surface area contributed by atoms with Crippen molar-refractivity contribution in [3.8, 4) is 0 Å². The molecule has 0 saturated carbocycles. The van der Waals surface area contributed by atoms with Crippen LogP contribution in [-0.2, 0) is 9.53 Å². The second-order valence-electron chi connectivity index (χ2n) is 3.60. The Hall–Kier alpha value is -0.870. The summed E-state index contributed by atoms with van der Waals surface area (Å²) in [5.41, 5.74) is 2.02. The van der Waals surface area contributed by atoms with E-state index in [-0.39, 0.29) is 5.91 Å². The maximum atomic E-state index is 11.5. The van der Waals surface area contributed by atoms with Gasteiger partial charge in [-0.05, 0) is 30.7 Å². The summed E-state index contributed by atoms with van der Waals surface area (Å²) in [7, 11) is 1.63.